The molecule has 7 atom stereocenters. The van der Waals surface area contributed by atoms with Gasteiger partial charge in [0.25, 0.3) is 0 Å². The summed E-state index contributed by atoms with van der Waals surface area (Å²) in [7, 11) is 0. The molecule has 4 aliphatic rings. The number of fused-ring (bicyclic) bond motifs is 3. The Morgan fingerprint density at radius 2 is 1.65 bits per heavy atom. The van der Waals surface area contributed by atoms with Gasteiger partial charge in [-0.1, -0.05) is 0 Å². The Morgan fingerprint density at radius 3 is 2.45 bits per heavy atom. The van der Waals surface area contributed by atoms with E-state index in [0.29, 0.717) is 11.4 Å². The monoisotopic (exact) mass is 500 g/mol. The number of benzene rings is 1. The van der Waals surface area contributed by atoms with Crippen LogP contribution in [0.2, 0.25) is 4.82 Å². The first-order chi connectivity index (χ1) is 14.8. The Hall–Kier alpha value is -0.541. The Balaban J connectivity index is 1.26. The van der Waals surface area contributed by atoms with Gasteiger partial charge in [0.2, 0.25) is 0 Å². The summed E-state index contributed by atoms with van der Waals surface area (Å²) < 4.78 is 44.4. The zero-order valence-electron chi connectivity index (χ0n) is 18.5. The van der Waals surface area contributed by atoms with Crippen molar-refractivity contribution in [1.82, 2.24) is 0 Å². The van der Waals surface area contributed by atoms with Crippen molar-refractivity contribution < 1.29 is 33.2 Å². The summed E-state index contributed by atoms with van der Waals surface area (Å²) in [6.45, 7) is 8.71. The predicted molar refractivity (Wildman–Crippen MR) is 113 cm³/mol. The average Bonchev–Trinajstić information content (AvgIpc) is 3.22. The van der Waals surface area contributed by atoms with Gasteiger partial charge >= 0.3 is 190 Å². The molecule has 0 saturated carbocycles. The first kappa shape index (κ1) is 22.3. The summed E-state index contributed by atoms with van der Waals surface area (Å²) in [6, 6.07) is 10.6. The van der Waals surface area contributed by atoms with E-state index in [9.17, 15) is 0 Å². The summed E-state index contributed by atoms with van der Waals surface area (Å²) >= 11 is 0.286. The van der Waals surface area contributed by atoms with Crippen LogP contribution in [0.25, 0.3) is 0 Å². The molecule has 0 N–H and O–H groups in total. The van der Waals surface area contributed by atoms with Crippen LogP contribution in [0, 0.1) is 0 Å². The maximum absolute atomic E-state index is 6.32. The van der Waals surface area contributed by atoms with Crippen molar-refractivity contribution in [1.29, 1.82) is 0 Å². The van der Waals surface area contributed by atoms with Gasteiger partial charge in [-0.2, -0.15) is 0 Å². The molecule has 7 nitrogen and oxygen atoms in total. The molecule has 0 aliphatic carbocycles. The second kappa shape index (κ2) is 8.67. The van der Waals surface area contributed by atoms with Gasteiger partial charge in [-0.15, -0.1) is 0 Å². The molecule has 0 amide bonds. The van der Waals surface area contributed by atoms with E-state index in [1.807, 2.05) is 27.7 Å². The van der Waals surface area contributed by atoms with Gasteiger partial charge < -0.3 is 0 Å². The minimum atomic E-state index is -0.721. The normalized spacial score (nSPS) is 41.0. The standard InChI is InChI=1S/C23H32O7Se/c1-22(2)27-17-15(26-21-19(18(17)28-22)29-23(3,4)30-21)13-25-20-16(11-8-12-24-20)31-14-9-6-5-7-10-14/h5-7,9-10,15-21H,8,11-13H2,1-4H3/t15-,16+,17+,18+,19-,20-,21-/m1/s1. The molecule has 0 spiro atoms. The molecular formula is C23H32O7Se. The molecule has 8 heteroatoms. The summed E-state index contributed by atoms with van der Waals surface area (Å²) in [4.78, 5) is 0.373. The van der Waals surface area contributed by atoms with Gasteiger partial charge in [-0.3, -0.25) is 0 Å². The van der Waals surface area contributed by atoms with Gasteiger partial charge in [-0.05, 0) is 0 Å². The van der Waals surface area contributed by atoms with E-state index in [-0.39, 0.29) is 45.7 Å². The zero-order valence-corrected chi connectivity index (χ0v) is 20.2. The van der Waals surface area contributed by atoms with Crippen LogP contribution in [0.15, 0.2) is 30.3 Å². The van der Waals surface area contributed by atoms with Crippen molar-refractivity contribution >= 4 is 19.4 Å². The molecule has 172 valence electrons. The van der Waals surface area contributed by atoms with Crippen molar-refractivity contribution in [2.45, 2.75) is 93.9 Å². The topological polar surface area (TPSA) is 64.6 Å². The number of hydrogen-bond donors (Lipinski definition) is 0. The number of rotatable bonds is 5. The number of hydrogen-bond acceptors (Lipinski definition) is 7. The third-order valence-electron chi connectivity index (χ3n) is 5.92. The van der Waals surface area contributed by atoms with E-state index >= 15 is 0 Å². The molecule has 0 bridgehead atoms. The van der Waals surface area contributed by atoms with Crippen molar-refractivity contribution in [2.75, 3.05) is 13.2 Å². The van der Waals surface area contributed by atoms with E-state index in [4.69, 9.17) is 33.2 Å². The Labute approximate surface area is 190 Å². The maximum atomic E-state index is 6.32. The third-order valence-corrected chi connectivity index (χ3v) is 8.66. The summed E-state index contributed by atoms with van der Waals surface area (Å²) in [6.07, 6.45) is 0.258. The van der Waals surface area contributed by atoms with Gasteiger partial charge in [-0.25, -0.2) is 0 Å². The fourth-order valence-corrected chi connectivity index (χ4v) is 7.24. The fourth-order valence-electron chi connectivity index (χ4n) is 4.69. The molecule has 5 rings (SSSR count). The van der Waals surface area contributed by atoms with Crippen molar-refractivity contribution in [3.8, 4) is 0 Å². The van der Waals surface area contributed by atoms with Crippen molar-refractivity contribution in [2.24, 2.45) is 0 Å². The van der Waals surface area contributed by atoms with Crippen LogP contribution in [-0.4, -0.2) is 76.7 Å². The Morgan fingerprint density at radius 1 is 0.935 bits per heavy atom. The van der Waals surface area contributed by atoms with Crippen LogP contribution in [0.3, 0.4) is 0 Å². The molecule has 0 aromatic heterocycles. The minimum absolute atomic E-state index is 0.235. The van der Waals surface area contributed by atoms with Crippen LogP contribution < -0.4 is 4.46 Å². The zero-order chi connectivity index (χ0) is 21.6. The van der Waals surface area contributed by atoms with Crippen molar-refractivity contribution in [3.63, 3.8) is 0 Å². The first-order valence-electron chi connectivity index (χ1n) is 11.1. The van der Waals surface area contributed by atoms with Crippen LogP contribution in [0.1, 0.15) is 40.5 Å². The third kappa shape index (κ3) is 4.88. The molecule has 4 fully saturated rings. The van der Waals surface area contributed by atoms with E-state index in [1.165, 1.54) is 4.46 Å². The average molecular weight is 499 g/mol. The predicted octanol–water partition coefficient (Wildman–Crippen LogP) is 2.35. The molecule has 1 aromatic carbocycles. The van der Waals surface area contributed by atoms with E-state index in [1.54, 1.807) is 0 Å². The molecule has 1 aromatic rings. The number of ether oxygens (including phenoxy) is 7. The van der Waals surface area contributed by atoms with Crippen LogP contribution in [-0.2, 0) is 33.2 Å². The van der Waals surface area contributed by atoms with Gasteiger partial charge in [0.05, 0.1) is 0 Å². The quantitative estimate of drug-likeness (QED) is 0.577. The van der Waals surface area contributed by atoms with Gasteiger partial charge in [0, 0.05) is 0 Å². The Kier molecular flexibility index (Phi) is 6.23. The molecule has 0 unspecified atom stereocenters. The van der Waals surface area contributed by atoms with E-state index in [2.05, 4.69) is 30.3 Å². The molecule has 4 aliphatic heterocycles. The molecule has 31 heavy (non-hydrogen) atoms. The molecule has 0 radical (unpaired) electrons. The van der Waals surface area contributed by atoms with Gasteiger partial charge in [0.15, 0.2) is 0 Å². The first-order valence-corrected chi connectivity index (χ1v) is 13.0. The molecule has 4 heterocycles. The summed E-state index contributed by atoms with van der Waals surface area (Å²) in [5.41, 5.74) is 0. The summed E-state index contributed by atoms with van der Waals surface area (Å²) in [5, 5.41) is 0. The Bertz CT molecular complexity index is 758. The fraction of sp³-hybridized carbons (Fsp3) is 0.739. The second-order valence-electron chi connectivity index (χ2n) is 9.39. The van der Waals surface area contributed by atoms with Crippen LogP contribution in [0.4, 0.5) is 0 Å². The van der Waals surface area contributed by atoms with E-state index in [0.717, 1.165) is 19.4 Å². The SMILES string of the molecule is CC1(C)O[C@H]2[C@@H](O1)[C@@H](CO[C@H]1OCCC[C@@H]1[Se]c1ccccc1)O[C@@H]1OC(C)(C)O[C@@H]12. The van der Waals surface area contributed by atoms with E-state index < -0.39 is 17.9 Å². The molecular weight excluding hydrogens is 467 g/mol. The summed E-state index contributed by atoms with van der Waals surface area (Å²) in [5.74, 6) is -1.43. The van der Waals surface area contributed by atoms with Gasteiger partial charge in [0.1, 0.15) is 0 Å². The van der Waals surface area contributed by atoms with Crippen LogP contribution >= 0.6 is 0 Å². The molecule has 4 saturated heterocycles. The second-order valence-corrected chi connectivity index (χ2v) is 12.1. The van der Waals surface area contributed by atoms with Crippen molar-refractivity contribution in [3.05, 3.63) is 30.3 Å². The van der Waals surface area contributed by atoms with Crippen LogP contribution in [0.5, 0.6) is 0 Å².